The second-order valence-electron chi connectivity index (χ2n) is 7.97. The summed E-state index contributed by atoms with van der Waals surface area (Å²) in [6.07, 6.45) is 2.07. The molecule has 3 aliphatic rings. The largest absolute Gasteiger partial charge is 0.491 e. The number of hydrogen-bond acceptors (Lipinski definition) is 6. The molecule has 7 nitrogen and oxygen atoms in total. The Bertz CT molecular complexity index is 1030. The normalized spacial score (nSPS) is 23.9. The third-order valence-corrected chi connectivity index (χ3v) is 6.20. The van der Waals surface area contributed by atoms with Crippen molar-refractivity contribution in [3.05, 3.63) is 51.7 Å². The molecule has 0 radical (unpaired) electrons. The highest BCUT2D eigenvalue weighted by Crippen LogP contribution is 2.27. The Morgan fingerprint density at radius 3 is 2.90 bits per heavy atom. The van der Waals surface area contributed by atoms with Crippen molar-refractivity contribution >= 4 is 28.9 Å². The van der Waals surface area contributed by atoms with E-state index in [1.165, 1.54) is 18.2 Å². The fourth-order valence-corrected chi connectivity index (χ4v) is 4.02. The molecule has 4 rings (SSSR count). The number of ether oxygens (including phenoxy) is 1. The second kappa shape index (κ2) is 8.80. The Kier molecular flexibility index (Phi) is 6.11. The Balaban J connectivity index is 1.54. The topological polar surface area (TPSA) is 89.8 Å². The first-order chi connectivity index (χ1) is 14.8. The number of benzene rings is 1. The van der Waals surface area contributed by atoms with E-state index in [1.807, 2.05) is 6.92 Å². The minimum absolute atomic E-state index is 0.144. The van der Waals surface area contributed by atoms with Gasteiger partial charge in [-0.1, -0.05) is 11.6 Å². The van der Waals surface area contributed by atoms with Crippen LogP contribution in [0, 0.1) is 11.2 Å². The summed E-state index contributed by atoms with van der Waals surface area (Å²) in [5.41, 5.74) is 2.64. The molecule has 2 saturated heterocycles. The zero-order chi connectivity index (χ0) is 22.1. The van der Waals surface area contributed by atoms with Gasteiger partial charge in [-0.3, -0.25) is 4.79 Å². The molecule has 0 aromatic heterocycles. The number of aliphatic imine (C=N–C) groups is 1. The molecule has 0 aliphatic carbocycles. The molecular weight excluding hydrogens is 421 g/mol. The van der Waals surface area contributed by atoms with Crippen LogP contribution in [0.15, 0.2) is 45.3 Å². The van der Waals surface area contributed by atoms with Crippen LogP contribution in [0.2, 0.25) is 0 Å². The van der Waals surface area contributed by atoms with Gasteiger partial charge in [-0.05, 0) is 45.4 Å². The van der Waals surface area contributed by atoms with Crippen molar-refractivity contribution < 1.29 is 13.9 Å². The maximum Gasteiger partial charge on any atom is 0.258 e. The molecule has 2 fully saturated rings. The summed E-state index contributed by atoms with van der Waals surface area (Å²) in [5, 5.41) is 15.4. The summed E-state index contributed by atoms with van der Waals surface area (Å²) in [6, 6.07) is 4.14. The quantitative estimate of drug-likeness (QED) is 0.664. The number of hydrogen-bond donors (Lipinski definition) is 3. The van der Waals surface area contributed by atoms with E-state index in [0.717, 1.165) is 25.1 Å². The highest BCUT2D eigenvalue weighted by Gasteiger charge is 2.32. The van der Waals surface area contributed by atoms with Crippen LogP contribution < -0.4 is 15.4 Å². The fourth-order valence-electron chi connectivity index (χ4n) is 3.93. The maximum atomic E-state index is 13.9. The lowest BCUT2D eigenvalue weighted by atomic mass is 10.1. The molecule has 1 aromatic rings. The monoisotopic (exact) mass is 445 g/mol. The zero-order valence-corrected chi connectivity index (χ0v) is 18.3. The number of halogens is 2. The van der Waals surface area contributed by atoms with Gasteiger partial charge in [0.2, 0.25) is 0 Å². The summed E-state index contributed by atoms with van der Waals surface area (Å²) in [7, 11) is 0. The van der Waals surface area contributed by atoms with Crippen LogP contribution in [0.5, 0.6) is 5.75 Å². The Labute approximate surface area is 185 Å². The third kappa shape index (κ3) is 4.50. The highest BCUT2D eigenvalue weighted by atomic mass is 35.5. The zero-order valence-electron chi connectivity index (χ0n) is 17.5. The van der Waals surface area contributed by atoms with Crippen molar-refractivity contribution in [1.82, 2.24) is 15.5 Å². The smallest absolute Gasteiger partial charge is 0.258 e. The number of rotatable bonds is 4. The van der Waals surface area contributed by atoms with Crippen molar-refractivity contribution in [2.45, 2.75) is 32.7 Å². The summed E-state index contributed by atoms with van der Waals surface area (Å²) >= 11 is 6.19. The molecule has 0 saturated carbocycles. The summed E-state index contributed by atoms with van der Waals surface area (Å²) in [5.74, 6) is -0.0149. The van der Waals surface area contributed by atoms with Crippen molar-refractivity contribution in [2.24, 2.45) is 4.99 Å². The lowest BCUT2D eigenvalue weighted by Crippen LogP contribution is -2.31. The van der Waals surface area contributed by atoms with Crippen LogP contribution in [-0.4, -0.2) is 54.5 Å². The van der Waals surface area contributed by atoms with E-state index in [1.54, 1.807) is 11.8 Å². The molecule has 0 spiro atoms. The second-order valence-corrected chi connectivity index (χ2v) is 8.35. The molecule has 0 bridgehead atoms. The molecule has 1 aromatic carbocycles. The molecule has 1 amide bonds. The van der Waals surface area contributed by atoms with E-state index in [9.17, 15) is 9.18 Å². The summed E-state index contributed by atoms with van der Waals surface area (Å²) < 4.78 is 19.7. The lowest BCUT2D eigenvalue weighted by Gasteiger charge is -2.20. The highest BCUT2D eigenvalue weighted by molar-refractivity contribution is 6.43. The number of nitrogens with zero attached hydrogens (tertiary/aromatic N) is 2. The van der Waals surface area contributed by atoms with Crippen LogP contribution in [0.3, 0.4) is 0 Å². The molecule has 3 heterocycles. The molecule has 3 aliphatic heterocycles. The van der Waals surface area contributed by atoms with Gasteiger partial charge in [-0.25, -0.2) is 9.38 Å². The van der Waals surface area contributed by atoms with Gasteiger partial charge in [0.1, 0.15) is 24.0 Å². The Hall–Kier alpha value is -2.71. The third-order valence-electron chi connectivity index (χ3n) is 5.64. The van der Waals surface area contributed by atoms with Crippen LogP contribution in [0.1, 0.15) is 37.0 Å². The first-order valence-electron chi connectivity index (χ1n) is 10.3. The van der Waals surface area contributed by atoms with Gasteiger partial charge >= 0.3 is 0 Å². The first-order valence-corrected chi connectivity index (χ1v) is 10.7. The van der Waals surface area contributed by atoms with Crippen LogP contribution in [-0.2, 0) is 0 Å². The van der Waals surface area contributed by atoms with Crippen LogP contribution in [0.25, 0.3) is 0 Å². The first kappa shape index (κ1) is 21.5. The summed E-state index contributed by atoms with van der Waals surface area (Å²) in [6.45, 7) is 5.32. The Morgan fingerprint density at radius 1 is 1.39 bits per heavy atom. The van der Waals surface area contributed by atoms with Gasteiger partial charge in [0.25, 0.3) is 5.91 Å². The van der Waals surface area contributed by atoms with E-state index >= 15 is 0 Å². The minimum atomic E-state index is -0.460. The lowest BCUT2D eigenvalue weighted by molar-refractivity contribution is 0.0799. The van der Waals surface area contributed by atoms with E-state index < -0.39 is 5.82 Å². The van der Waals surface area contributed by atoms with Gasteiger partial charge in [-0.2, -0.15) is 0 Å². The van der Waals surface area contributed by atoms with Gasteiger partial charge in [0, 0.05) is 23.4 Å². The number of allylic oxidation sites excluding steroid dienone is 2. The van der Waals surface area contributed by atoms with E-state index in [2.05, 4.69) is 15.6 Å². The number of likely N-dealkylation sites (tertiary alicyclic amines) is 1. The minimum Gasteiger partial charge on any atom is -0.491 e. The Morgan fingerprint density at radius 2 is 2.19 bits per heavy atom. The predicted molar refractivity (Wildman–Crippen MR) is 118 cm³/mol. The molecule has 1 unspecified atom stereocenters. The molecule has 31 heavy (non-hydrogen) atoms. The molecule has 3 N–H and O–H groups in total. The average molecular weight is 446 g/mol. The number of carbonyl (C=O) groups is 1. The van der Waals surface area contributed by atoms with Crippen molar-refractivity contribution in [1.29, 1.82) is 5.41 Å². The molecule has 9 heteroatoms. The molecule has 164 valence electrons. The van der Waals surface area contributed by atoms with Crippen LogP contribution in [0.4, 0.5) is 4.39 Å². The van der Waals surface area contributed by atoms with Crippen molar-refractivity contribution in [3.63, 3.8) is 0 Å². The van der Waals surface area contributed by atoms with E-state index in [4.69, 9.17) is 21.7 Å². The van der Waals surface area contributed by atoms with Gasteiger partial charge in [-0.15, -0.1) is 0 Å². The van der Waals surface area contributed by atoms with Gasteiger partial charge in [0.05, 0.1) is 35.1 Å². The SMILES string of the molecule is CC1=N/C(=C2\CN(C(=O)c3ccc(F)cc3OCC3CCCN3)CC2=N)NC(C)=C1Cl. The summed E-state index contributed by atoms with van der Waals surface area (Å²) in [4.78, 5) is 19.2. The average Bonchev–Trinajstić information content (AvgIpc) is 3.39. The van der Waals surface area contributed by atoms with Gasteiger partial charge in [0.15, 0.2) is 0 Å². The number of amides is 1. The predicted octanol–water partition coefficient (Wildman–Crippen LogP) is 3.18. The number of carbonyl (C=O) groups excluding carboxylic acids is 1. The fraction of sp³-hybridized carbons (Fsp3) is 0.409. The molecular formula is C22H25ClFN5O2. The van der Waals surface area contributed by atoms with Crippen molar-refractivity contribution in [3.8, 4) is 5.75 Å². The van der Waals surface area contributed by atoms with E-state index in [-0.39, 0.29) is 36.4 Å². The maximum absolute atomic E-state index is 13.9. The van der Waals surface area contributed by atoms with Crippen LogP contribution >= 0.6 is 11.6 Å². The number of nitrogens with one attached hydrogen (secondary N) is 3. The standard InChI is InChI=1S/C22H25ClFN5O2/c1-12-20(23)13(2)28-21(27-12)17-9-29(10-18(17)25)22(30)16-6-5-14(24)8-19(16)31-11-15-4-3-7-26-15/h5-6,8,15,25-27H,3-4,7,9-11H2,1-2H3/b21-17+,25-18?. The van der Waals surface area contributed by atoms with E-state index in [0.29, 0.717) is 34.5 Å². The van der Waals surface area contributed by atoms with Crippen molar-refractivity contribution in [2.75, 3.05) is 26.2 Å². The van der Waals surface area contributed by atoms with Gasteiger partial charge < -0.3 is 25.7 Å². The molecule has 1 atom stereocenters.